The van der Waals surface area contributed by atoms with Gasteiger partial charge in [0.05, 0.1) is 21.3 Å². The minimum absolute atomic E-state index is 0.505. The van der Waals surface area contributed by atoms with Crippen LogP contribution in [0.2, 0.25) is 0 Å². The number of rotatable bonds is 5. The van der Waals surface area contributed by atoms with E-state index in [1.807, 2.05) is 30.3 Å². The SMILES string of the molecule is COc1ccc(Oc2ccccc2)c(OC)c1OC. The van der Waals surface area contributed by atoms with Gasteiger partial charge in [0.2, 0.25) is 11.5 Å². The second-order valence-corrected chi connectivity index (χ2v) is 3.75. The van der Waals surface area contributed by atoms with Crippen molar-refractivity contribution in [2.24, 2.45) is 0 Å². The van der Waals surface area contributed by atoms with Crippen LogP contribution in [0.4, 0.5) is 0 Å². The van der Waals surface area contributed by atoms with Crippen molar-refractivity contribution in [1.29, 1.82) is 0 Å². The van der Waals surface area contributed by atoms with Gasteiger partial charge in [-0.05, 0) is 24.3 Å². The van der Waals surface area contributed by atoms with E-state index < -0.39 is 0 Å². The highest BCUT2D eigenvalue weighted by Gasteiger charge is 2.17. The van der Waals surface area contributed by atoms with Crippen LogP contribution in [0.3, 0.4) is 0 Å². The molecular formula is C15H16O4. The van der Waals surface area contributed by atoms with Crippen molar-refractivity contribution in [3.05, 3.63) is 42.5 Å². The van der Waals surface area contributed by atoms with Gasteiger partial charge < -0.3 is 18.9 Å². The molecule has 0 saturated heterocycles. The zero-order valence-corrected chi connectivity index (χ0v) is 11.2. The van der Waals surface area contributed by atoms with Crippen molar-refractivity contribution >= 4 is 0 Å². The summed E-state index contributed by atoms with van der Waals surface area (Å²) >= 11 is 0. The predicted molar refractivity (Wildman–Crippen MR) is 72.6 cm³/mol. The molecule has 0 atom stereocenters. The van der Waals surface area contributed by atoms with Gasteiger partial charge in [0.1, 0.15) is 5.75 Å². The zero-order valence-electron chi connectivity index (χ0n) is 11.2. The topological polar surface area (TPSA) is 36.9 Å². The van der Waals surface area contributed by atoms with E-state index in [2.05, 4.69) is 0 Å². The Balaban J connectivity index is 2.40. The molecule has 0 radical (unpaired) electrons. The molecule has 0 amide bonds. The predicted octanol–water partition coefficient (Wildman–Crippen LogP) is 3.50. The van der Waals surface area contributed by atoms with Crippen LogP contribution in [0.1, 0.15) is 0 Å². The number of hydrogen-bond donors (Lipinski definition) is 0. The molecule has 19 heavy (non-hydrogen) atoms. The first-order chi connectivity index (χ1) is 9.30. The molecule has 4 nitrogen and oxygen atoms in total. The first-order valence-electron chi connectivity index (χ1n) is 5.82. The highest BCUT2D eigenvalue weighted by molar-refractivity contribution is 5.59. The molecule has 0 aliphatic rings. The maximum atomic E-state index is 5.78. The molecular weight excluding hydrogens is 244 g/mol. The fourth-order valence-corrected chi connectivity index (χ4v) is 1.77. The molecule has 0 fully saturated rings. The first kappa shape index (κ1) is 13.1. The molecule has 0 saturated carbocycles. The van der Waals surface area contributed by atoms with E-state index in [0.29, 0.717) is 23.0 Å². The minimum Gasteiger partial charge on any atom is -0.493 e. The molecule has 0 bridgehead atoms. The lowest BCUT2D eigenvalue weighted by molar-refractivity contribution is 0.313. The number of hydrogen-bond acceptors (Lipinski definition) is 4. The van der Waals surface area contributed by atoms with Crippen LogP contribution in [0, 0.1) is 0 Å². The molecule has 100 valence electrons. The summed E-state index contributed by atoms with van der Waals surface area (Å²) < 4.78 is 21.7. The van der Waals surface area contributed by atoms with Crippen LogP contribution < -0.4 is 18.9 Å². The van der Waals surface area contributed by atoms with Gasteiger partial charge in [-0.2, -0.15) is 0 Å². The molecule has 0 spiro atoms. The van der Waals surface area contributed by atoms with Gasteiger partial charge >= 0.3 is 0 Å². The van der Waals surface area contributed by atoms with Crippen molar-refractivity contribution in [2.45, 2.75) is 0 Å². The fourth-order valence-electron chi connectivity index (χ4n) is 1.77. The second-order valence-electron chi connectivity index (χ2n) is 3.75. The summed E-state index contributed by atoms with van der Waals surface area (Å²) in [6.07, 6.45) is 0. The summed E-state index contributed by atoms with van der Waals surface area (Å²) in [7, 11) is 4.71. The lowest BCUT2D eigenvalue weighted by Crippen LogP contribution is -1.97. The molecule has 0 aromatic heterocycles. The Bertz CT molecular complexity index is 537. The molecule has 2 aromatic rings. The summed E-state index contributed by atoms with van der Waals surface area (Å²) in [5.41, 5.74) is 0. The Morgan fingerprint density at radius 1 is 0.632 bits per heavy atom. The van der Waals surface area contributed by atoms with Gasteiger partial charge in [0.25, 0.3) is 0 Å². The van der Waals surface area contributed by atoms with Crippen LogP contribution in [0.25, 0.3) is 0 Å². The normalized spacial score (nSPS) is 9.84. The molecule has 2 rings (SSSR count). The van der Waals surface area contributed by atoms with E-state index in [4.69, 9.17) is 18.9 Å². The first-order valence-corrected chi connectivity index (χ1v) is 5.82. The fraction of sp³-hybridized carbons (Fsp3) is 0.200. The third kappa shape index (κ3) is 2.73. The van der Waals surface area contributed by atoms with Crippen LogP contribution in [0.5, 0.6) is 28.7 Å². The number of benzene rings is 2. The molecule has 0 heterocycles. The molecule has 0 unspecified atom stereocenters. The van der Waals surface area contributed by atoms with E-state index in [0.717, 1.165) is 5.75 Å². The number of methoxy groups -OCH3 is 3. The van der Waals surface area contributed by atoms with Gasteiger partial charge in [-0.15, -0.1) is 0 Å². The maximum Gasteiger partial charge on any atom is 0.207 e. The van der Waals surface area contributed by atoms with Crippen molar-refractivity contribution in [2.75, 3.05) is 21.3 Å². The standard InChI is InChI=1S/C15H16O4/c1-16-12-9-10-13(15(18-3)14(12)17-2)19-11-7-5-4-6-8-11/h4-10H,1-3H3. The molecule has 0 N–H and O–H groups in total. The molecule has 0 aliphatic carbocycles. The number of ether oxygens (including phenoxy) is 4. The van der Waals surface area contributed by atoms with E-state index in [9.17, 15) is 0 Å². The highest BCUT2D eigenvalue weighted by Crippen LogP contribution is 2.45. The van der Waals surface area contributed by atoms with E-state index >= 15 is 0 Å². The Hall–Kier alpha value is -2.36. The van der Waals surface area contributed by atoms with Gasteiger partial charge in [-0.3, -0.25) is 0 Å². The van der Waals surface area contributed by atoms with Gasteiger partial charge in [-0.1, -0.05) is 18.2 Å². The average Bonchev–Trinajstić information content (AvgIpc) is 2.47. The van der Waals surface area contributed by atoms with Crippen molar-refractivity contribution < 1.29 is 18.9 Å². The van der Waals surface area contributed by atoms with Gasteiger partial charge in [0.15, 0.2) is 11.5 Å². The zero-order chi connectivity index (χ0) is 13.7. The minimum atomic E-state index is 0.505. The third-order valence-electron chi connectivity index (χ3n) is 2.64. The van der Waals surface area contributed by atoms with E-state index in [1.165, 1.54) is 0 Å². The Morgan fingerprint density at radius 3 is 1.79 bits per heavy atom. The third-order valence-corrected chi connectivity index (χ3v) is 2.64. The second kappa shape index (κ2) is 6.00. The quantitative estimate of drug-likeness (QED) is 0.824. The summed E-state index contributed by atoms with van der Waals surface area (Å²) in [6, 6.07) is 13.0. The van der Waals surface area contributed by atoms with Crippen molar-refractivity contribution in [3.63, 3.8) is 0 Å². The van der Waals surface area contributed by atoms with Crippen LogP contribution >= 0.6 is 0 Å². The Labute approximate surface area is 112 Å². The van der Waals surface area contributed by atoms with Crippen LogP contribution in [0.15, 0.2) is 42.5 Å². The summed E-state index contributed by atoms with van der Waals surface area (Å²) in [5.74, 6) is 2.92. The van der Waals surface area contributed by atoms with Gasteiger partial charge in [-0.25, -0.2) is 0 Å². The largest absolute Gasteiger partial charge is 0.493 e. The summed E-state index contributed by atoms with van der Waals surface area (Å²) in [5, 5.41) is 0. The Morgan fingerprint density at radius 2 is 1.21 bits per heavy atom. The summed E-state index contributed by atoms with van der Waals surface area (Å²) in [6.45, 7) is 0. The molecule has 2 aromatic carbocycles. The summed E-state index contributed by atoms with van der Waals surface area (Å²) in [4.78, 5) is 0. The highest BCUT2D eigenvalue weighted by atomic mass is 16.5. The lowest BCUT2D eigenvalue weighted by atomic mass is 10.2. The lowest BCUT2D eigenvalue weighted by Gasteiger charge is -2.15. The number of para-hydroxylation sites is 1. The van der Waals surface area contributed by atoms with Crippen molar-refractivity contribution in [3.8, 4) is 28.7 Å². The van der Waals surface area contributed by atoms with E-state index in [1.54, 1.807) is 33.5 Å². The molecule has 0 aliphatic heterocycles. The molecule has 4 heteroatoms. The van der Waals surface area contributed by atoms with Crippen molar-refractivity contribution in [1.82, 2.24) is 0 Å². The maximum absolute atomic E-state index is 5.78. The van der Waals surface area contributed by atoms with Gasteiger partial charge in [0, 0.05) is 0 Å². The Kier molecular flexibility index (Phi) is 4.13. The van der Waals surface area contributed by atoms with Crippen LogP contribution in [-0.2, 0) is 0 Å². The smallest absolute Gasteiger partial charge is 0.207 e. The average molecular weight is 260 g/mol. The van der Waals surface area contributed by atoms with Crippen LogP contribution in [-0.4, -0.2) is 21.3 Å². The monoisotopic (exact) mass is 260 g/mol. The van der Waals surface area contributed by atoms with E-state index in [-0.39, 0.29) is 0 Å².